The van der Waals surface area contributed by atoms with Crippen molar-refractivity contribution in [1.29, 1.82) is 0 Å². The molecule has 1 rings (SSSR count). The molecular weight excluding hydrogens is 240 g/mol. The fraction of sp³-hybridized carbons (Fsp3) is 0.364. The first kappa shape index (κ1) is 13.8. The molecule has 0 fully saturated rings. The number of para-hydroxylation sites is 1. The van der Waals surface area contributed by atoms with Gasteiger partial charge in [-0.1, -0.05) is 6.07 Å². The number of phenols is 1. The number of nitro benzene ring substituents is 1. The molecule has 0 spiro atoms. The second kappa shape index (κ2) is 4.91. The molecule has 0 saturated heterocycles. The Balaban J connectivity index is 2.89. The predicted molar refractivity (Wildman–Crippen MR) is 64.6 cm³/mol. The lowest BCUT2D eigenvalue weighted by Gasteiger charge is -2.19. The lowest BCUT2D eigenvalue weighted by molar-refractivity contribution is -0.385. The molecule has 0 aliphatic carbocycles. The third-order valence-corrected chi connectivity index (χ3v) is 1.85. The summed E-state index contributed by atoms with van der Waals surface area (Å²) in [6.07, 6.45) is -0.793. The highest BCUT2D eigenvalue weighted by Gasteiger charge is 2.20. The van der Waals surface area contributed by atoms with Crippen LogP contribution in [-0.2, 0) is 4.74 Å². The van der Waals surface area contributed by atoms with Crippen molar-refractivity contribution in [2.24, 2.45) is 0 Å². The fourth-order valence-electron chi connectivity index (χ4n) is 1.19. The third-order valence-electron chi connectivity index (χ3n) is 1.85. The normalized spacial score (nSPS) is 10.8. The molecular formula is C11H14N2O5. The number of aromatic hydroxyl groups is 1. The average Bonchev–Trinajstić information content (AvgIpc) is 2.17. The van der Waals surface area contributed by atoms with Gasteiger partial charge in [0.25, 0.3) is 0 Å². The summed E-state index contributed by atoms with van der Waals surface area (Å²) in [4.78, 5) is 21.3. The van der Waals surface area contributed by atoms with Crippen LogP contribution in [0.4, 0.5) is 16.2 Å². The third kappa shape index (κ3) is 3.62. The van der Waals surface area contributed by atoms with Gasteiger partial charge in [-0.3, -0.25) is 15.4 Å². The van der Waals surface area contributed by atoms with Crippen molar-refractivity contribution >= 4 is 17.5 Å². The van der Waals surface area contributed by atoms with Crippen molar-refractivity contribution in [2.75, 3.05) is 5.32 Å². The highest BCUT2D eigenvalue weighted by Crippen LogP contribution is 2.33. The number of amides is 1. The van der Waals surface area contributed by atoms with Gasteiger partial charge in [0, 0.05) is 6.07 Å². The predicted octanol–water partition coefficient (Wildman–Crippen LogP) is 2.65. The monoisotopic (exact) mass is 254 g/mol. The first-order valence-corrected chi connectivity index (χ1v) is 5.17. The minimum absolute atomic E-state index is 0.0709. The molecule has 0 aliphatic rings. The number of hydrogen-bond acceptors (Lipinski definition) is 5. The van der Waals surface area contributed by atoms with Crippen LogP contribution in [0.15, 0.2) is 18.2 Å². The summed E-state index contributed by atoms with van der Waals surface area (Å²) < 4.78 is 4.97. The van der Waals surface area contributed by atoms with E-state index in [0.29, 0.717) is 0 Å². The molecule has 7 nitrogen and oxygen atoms in total. The number of benzene rings is 1. The zero-order valence-electron chi connectivity index (χ0n) is 10.3. The van der Waals surface area contributed by atoms with Gasteiger partial charge in [0.15, 0.2) is 0 Å². The van der Waals surface area contributed by atoms with E-state index >= 15 is 0 Å². The van der Waals surface area contributed by atoms with Gasteiger partial charge in [0.1, 0.15) is 5.60 Å². The standard InChI is InChI=1S/C11H14N2O5/c1-11(2,3)18-10(15)12-7-5-4-6-8(9(7)14)13(16)17/h4-6,14H,1-3H3,(H,12,15). The highest BCUT2D eigenvalue weighted by molar-refractivity contribution is 5.88. The Kier molecular flexibility index (Phi) is 3.75. The van der Waals surface area contributed by atoms with Crippen LogP contribution < -0.4 is 5.32 Å². The Morgan fingerprint density at radius 3 is 2.56 bits per heavy atom. The van der Waals surface area contributed by atoms with E-state index in [9.17, 15) is 20.0 Å². The molecule has 0 saturated carbocycles. The van der Waals surface area contributed by atoms with Gasteiger partial charge in [-0.25, -0.2) is 4.79 Å². The first-order valence-electron chi connectivity index (χ1n) is 5.17. The molecule has 0 unspecified atom stereocenters. The van der Waals surface area contributed by atoms with Crippen LogP contribution in [-0.4, -0.2) is 21.7 Å². The van der Waals surface area contributed by atoms with Crippen LogP contribution in [0.3, 0.4) is 0 Å². The van der Waals surface area contributed by atoms with Crippen molar-refractivity contribution in [3.63, 3.8) is 0 Å². The van der Waals surface area contributed by atoms with Gasteiger partial charge in [0.2, 0.25) is 5.75 Å². The molecule has 1 aromatic rings. The molecule has 1 amide bonds. The number of nitrogens with zero attached hydrogens (tertiary/aromatic N) is 1. The summed E-state index contributed by atoms with van der Waals surface area (Å²) in [6, 6.07) is 3.83. The smallest absolute Gasteiger partial charge is 0.412 e. The molecule has 7 heteroatoms. The van der Waals surface area contributed by atoms with Gasteiger partial charge < -0.3 is 9.84 Å². The van der Waals surface area contributed by atoms with Crippen molar-refractivity contribution in [1.82, 2.24) is 0 Å². The Labute approximate surface area is 104 Å². The number of nitro groups is 1. The van der Waals surface area contributed by atoms with E-state index in [-0.39, 0.29) is 5.69 Å². The van der Waals surface area contributed by atoms with Gasteiger partial charge in [-0.05, 0) is 26.8 Å². The molecule has 0 aliphatic heterocycles. The van der Waals surface area contributed by atoms with Crippen molar-refractivity contribution < 1.29 is 19.6 Å². The Bertz CT molecular complexity index is 479. The van der Waals surface area contributed by atoms with Crippen molar-refractivity contribution in [2.45, 2.75) is 26.4 Å². The maximum absolute atomic E-state index is 11.4. The first-order chi connectivity index (χ1) is 8.20. The number of carbonyl (C=O) groups is 1. The molecule has 0 bridgehead atoms. The molecule has 0 atom stereocenters. The number of carbonyl (C=O) groups excluding carboxylic acids is 1. The molecule has 1 aromatic carbocycles. The van der Waals surface area contributed by atoms with E-state index in [4.69, 9.17) is 4.74 Å². The van der Waals surface area contributed by atoms with E-state index in [1.165, 1.54) is 12.1 Å². The molecule has 0 aromatic heterocycles. The van der Waals surface area contributed by atoms with Crippen LogP contribution in [0.5, 0.6) is 5.75 Å². The van der Waals surface area contributed by atoms with Gasteiger partial charge in [-0.15, -0.1) is 0 Å². The number of hydrogen-bond donors (Lipinski definition) is 2. The van der Waals surface area contributed by atoms with Crippen molar-refractivity contribution in [3.8, 4) is 5.75 Å². The fourth-order valence-corrected chi connectivity index (χ4v) is 1.19. The maximum atomic E-state index is 11.4. The topological polar surface area (TPSA) is 102 Å². The maximum Gasteiger partial charge on any atom is 0.412 e. The zero-order chi connectivity index (χ0) is 13.9. The van der Waals surface area contributed by atoms with E-state index < -0.39 is 28.1 Å². The summed E-state index contributed by atoms with van der Waals surface area (Å²) in [6.45, 7) is 5.04. The van der Waals surface area contributed by atoms with Crippen LogP contribution in [0.1, 0.15) is 20.8 Å². The summed E-state index contributed by atoms with van der Waals surface area (Å²) >= 11 is 0. The molecule has 98 valence electrons. The summed E-state index contributed by atoms with van der Waals surface area (Å²) in [5.74, 6) is -0.603. The Morgan fingerprint density at radius 1 is 1.44 bits per heavy atom. The molecule has 0 heterocycles. The number of nitrogens with one attached hydrogen (secondary N) is 1. The molecule has 0 radical (unpaired) electrons. The Morgan fingerprint density at radius 2 is 2.06 bits per heavy atom. The van der Waals surface area contributed by atoms with E-state index in [1.807, 2.05) is 0 Å². The summed E-state index contributed by atoms with van der Waals surface area (Å²) in [5, 5.41) is 22.4. The quantitative estimate of drug-likeness (QED) is 0.480. The molecule has 18 heavy (non-hydrogen) atoms. The van der Waals surface area contributed by atoms with E-state index in [0.717, 1.165) is 6.07 Å². The zero-order valence-corrected chi connectivity index (χ0v) is 10.3. The summed E-state index contributed by atoms with van der Waals surface area (Å²) in [7, 11) is 0. The second-order valence-electron chi connectivity index (χ2n) is 4.56. The largest absolute Gasteiger partial charge is 0.501 e. The molecule has 2 N–H and O–H groups in total. The number of phenolic OH excluding ortho intramolecular Hbond substituents is 1. The minimum Gasteiger partial charge on any atom is -0.501 e. The van der Waals surface area contributed by atoms with Crippen LogP contribution in [0.25, 0.3) is 0 Å². The summed E-state index contributed by atoms with van der Waals surface area (Å²) in [5.41, 5.74) is -1.25. The number of rotatable bonds is 2. The second-order valence-corrected chi connectivity index (χ2v) is 4.56. The van der Waals surface area contributed by atoms with Crippen LogP contribution >= 0.6 is 0 Å². The lowest BCUT2D eigenvalue weighted by Crippen LogP contribution is -2.27. The number of ether oxygens (including phenoxy) is 1. The van der Waals surface area contributed by atoms with Gasteiger partial charge in [-0.2, -0.15) is 0 Å². The lowest BCUT2D eigenvalue weighted by atomic mass is 10.2. The van der Waals surface area contributed by atoms with Crippen molar-refractivity contribution in [3.05, 3.63) is 28.3 Å². The Hall–Kier alpha value is -2.31. The van der Waals surface area contributed by atoms with E-state index in [2.05, 4.69) is 5.32 Å². The van der Waals surface area contributed by atoms with Crippen LogP contribution in [0.2, 0.25) is 0 Å². The minimum atomic E-state index is -0.793. The van der Waals surface area contributed by atoms with Gasteiger partial charge >= 0.3 is 11.8 Å². The average molecular weight is 254 g/mol. The van der Waals surface area contributed by atoms with Gasteiger partial charge in [0.05, 0.1) is 10.6 Å². The van der Waals surface area contributed by atoms with Crippen LogP contribution in [0, 0.1) is 10.1 Å². The highest BCUT2D eigenvalue weighted by atomic mass is 16.6. The van der Waals surface area contributed by atoms with E-state index in [1.54, 1.807) is 20.8 Å². The number of anilines is 1. The SMILES string of the molecule is CC(C)(C)OC(=O)Nc1cccc([N+](=O)[O-])c1O.